The van der Waals surface area contributed by atoms with Crippen LogP contribution in [-0.4, -0.2) is 23.4 Å². The Labute approximate surface area is 90.9 Å². The molecular formula is C12H14ClN. The molecule has 0 atom stereocenters. The number of nitrogens with zero attached hydrogens (tertiary/aromatic N) is 1. The number of halogens is 1. The van der Waals surface area contributed by atoms with Crippen molar-refractivity contribution in [2.45, 2.75) is 19.3 Å². The molecule has 0 bridgehead atoms. The SMILES string of the molecule is [Cl-].c1ccc2c(c1)CC[N+]1=C2CCC1. The van der Waals surface area contributed by atoms with Crippen molar-refractivity contribution in [3.63, 3.8) is 0 Å². The van der Waals surface area contributed by atoms with Gasteiger partial charge >= 0.3 is 0 Å². The highest BCUT2D eigenvalue weighted by atomic mass is 35.5. The average Bonchev–Trinajstić information content (AvgIpc) is 2.65. The topological polar surface area (TPSA) is 3.01 Å². The summed E-state index contributed by atoms with van der Waals surface area (Å²) in [6.07, 6.45) is 3.88. The maximum atomic E-state index is 2.56. The second-order valence-electron chi connectivity index (χ2n) is 3.94. The molecule has 0 saturated heterocycles. The van der Waals surface area contributed by atoms with E-state index in [1.807, 2.05) is 0 Å². The molecule has 0 spiro atoms. The molecule has 1 aromatic rings. The van der Waals surface area contributed by atoms with Crippen LogP contribution in [0.4, 0.5) is 0 Å². The van der Waals surface area contributed by atoms with E-state index in [1.54, 1.807) is 11.3 Å². The van der Waals surface area contributed by atoms with Crippen molar-refractivity contribution < 1.29 is 17.0 Å². The molecule has 74 valence electrons. The number of benzene rings is 1. The molecule has 0 saturated carbocycles. The standard InChI is InChI=1S/C12H14N.ClH/c1-2-5-11-10(4-1)7-9-13-8-3-6-12(11)13;/h1-2,4-5H,3,6-9H2;1H/q+1;/p-1. The first-order valence-corrected chi connectivity index (χ1v) is 5.14. The minimum Gasteiger partial charge on any atom is -1.00 e. The predicted molar refractivity (Wildman–Crippen MR) is 53.5 cm³/mol. The Balaban J connectivity index is 0.000000750. The van der Waals surface area contributed by atoms with Crippen LogP contribution in [0.15, 0.2) is 24.3 Å². The summed E-state index contributed by atoms with van der Waals surface area (Å²) in [5, 5.41) is 0. The first kappa shape index (κ1) is 9.72. The van der Waals surface area contributed by atoms with Crippen LogP contribution < -0.4 is 12.4 Å². The maximum absolute atomic E-state index is 2.56. The molecule has 1 nitrogen and oxygen atoms in total. The Kier molecular flexibility index (Phi) is 2.60. The lowest BCUT2D eigenvalue weighted by molar-refractivity contribution is -0.520. The van der Waals surface area contributed by atoms with Gasteiger partial charge in [0.15, 0.2) is 5.71 Å². The Morgan fingerprint density at radius 1 is 1.00 bits per heavy atom. The average molecular weight is 208 g/mol. The molecule has 2 heterocycles. The Bertz CT molecular complexity index is 382. The van der Waals surface area contributed by atoms with E-state index in [-0.39, 0.29) is 12.4 Å². The van der Waals surface area contributed by atoms with Crippen molar-refractivity contribution in [3.8, 4) is 0 Å². The molecular weight excluding hydrogens is 194 g/mol. The summed E-state index contributed by atoms with van der Waals surface area (Å²) in [7, 11) is 0. The van der Waals surface area contributed by atoms with Crippen LogP contribution in [0.3, 0.4) is 0 Å². The predicted octanol–water partition coefficient (Wildman–Crippen LogP) is -1.16. The third-order valence-electron chi connectivity index (χ3n) is 3.20. The zero-order chi connectivity index (χ0) is 8.67. The molecule has 0 N–H and O–H groups in total. The molecule has 2 aliphatic heterocycles. The van der Waals surface area contributed by atoms with Crippen LogP contribution in [0, 0.1) is 0 Å². The van der Waals surface area contributed by atoms with Crippen LogP contribution in [0.5, 0.6) is 0 Å². The lowest BCUT2D eigenvalue weighted by Gasteiger charge is -2.13. The second-order valence-corrected chi connectivity index (χ2v) is 3.94. The van der Waals surface area contributed by atoms with E-state index < -0.39 is 0 Å². The summed E-state index contributed by atoms with van der Waals surface area (Å²) in [6, 6.07) is 8.87. The lowest BCUT2D eigenvalue weighted by atomic mass is 9.97. The van der Waals surface area contributed by atoms with Crippen molar-refractivity contribution >= 4 is 5.71 Å². The minimum atomic E-state index is 0. The van der Waals surface area contributed by atoms with Gasteiger partial charge in [0.25, 0.3) is 0 Å². The van der Waals surface area contributed by atoms with Gasteiger partial charge in [-0.3, -0.25) is 0 Å². The number of fused-ring (bicyclic) bond motifs is 2. The normalized spacial score (nSPS) is 18.6. The van der Waals surface area contributed by atoms with E-state index in [2.05, 4.69) is 28.8 Å². The summed E-state index contributed by atoms with van der Waals surface area (Å²) < 4.78 is 2.56. The van der Waals surface area contributed by atoms with Crippen LogP contribution in [0.1, 0.15) is 24.0 Å². The van der Waals surface area contributed by atoms with E-state index in [9.17, 15) is 0 Å². The van der Waals surface area contributed by atoms with E-state index in [0.29, 0.717) is 0 Å². The Morgan fingerprint density at radius 3 is 2.79 bits per heavy atom. The van der Waals surface area contributed by atoms with Gasteiger partial charge in [0, 0.05) is 24.8 Å². The van der Waals surface area contributed by atoms with Gasteiger partial charge in [0.2, 0.25) is 0 Å². The van der Waals surface area contributed by atoms with Crippen LogP contribution in [0.25, 0.3) is 0 Å². The van der Waals surface area contributed by atoms with Gasteiger partial charge in [-0.2, -0.15) is 0 Å². The molecule has 14 heavy (non-hydrogen) atoms. The zero-order valence-corrected chi connectivity index (χ0v) is 8.93. The van der Waals surface area contributed by atoms with E-state index >= 15 is 0 Å². The van der Waals surface area contributed by atoms with E-state index in [4.69, 9.17) is 0 Å². The number of rotatable bonds is 0. The summed E-state index contributed by atoms with van der Waals surface area (Å²) in [6.45, 7) is 2.52. The minimum absolute atomic E-state index is 0. The second kappa shape index (κ2) is 3.74. The number of hydrogen-bond donors (Lipinski definition) is 0. The fourth-order valence-electron chi connectivity index (χ4n) is 2.56. The molecule has 0 fully saturated rings. The molecule has 0 radical (unpaired) electrons. The molecule has 0 amide bonds. The number of hydrogen-bond acceptors (Lipinski definition) is 0. The summed E-state index contributed by atoms with van der Waals surface area (Å²) in [5.41, 5.74) is 4.67. The monoisotopic (exact) mass is 207 g/mol. The molecule has 0 unspecified atom stereocenters. The zero-order valence-electron chi connectivity index (χ0n) is 8.17. The van der Waals surface area contributed by atoms with Gasteiger partial charge in [0.05, 0.1) is 0 Å². The molecule has 1 aromatic carbocycles. The van der Waals surface area contributed by atoms with Crippen LogP contribution >= 0.6 is 0 Å². The molecule has 0 aromatic heterocycles. The highest BCUT2D eigenvalue weighted by Crippen LogP contribution is 2.21. The fraction of sp³-hybridized carbons (Fsp3) is 0.417. The largest absolute Gasteiger partial charge is 1.00 e. The van der Waals surface area contributed by atoms with Crippen molar-refractivity contribution in [3.05, 3.63) is 35.4 Å². The molecule has 2 aliphatic rings. The van der Waals surface area contributed by atoms with Crippen molar-refractivity contribution in [2.75, 3.05) is 13.1 Å². The summed E-state index contributed by atoms with van der Waals surface area (Å²) >= 11 is 0. The molecule has 2 heteroatoms. The molecule has 0 aliphatic carbocycles. The van der Waals surface area contributed by atoms with Gasteiger partial charge in [0.1, 0.15) is 13.1 Å². The Hall–Kier alpha value is -0.820. The lowest BCUT2D eigenvalue weighted by Crippen LogP contribution is -3.00. The van der Waals surface area contributed by atoms with E-state index in [0.717, 1.165) is 0 Å². The van der Waals surface area contributed by atoms with Crippen LogP contribution in [-0.2, 0) is 6.42 Å². The van der Waals surface area contributed by atoms with Gasteiger partial charge in [-0.1, -0.05) is 18.2 Å². The fourth-order valence-corrected chi connectivity index (χ4v) is 2.56. The van der Waals surface area contributed by atoms with Crippen molar-refractivity contribution in [1.29, 1.82) is 0 Å². The van der Waals surface area contributed by atoms with Gasteiger partial charge < -0.3 is 12.4 Å². The third kappa shape index (κ3) is 1.36. The highest BCUT2D eigenvalue weighted by molar-refractivity contribution is 5.99. The summed E-state index contributed by atoms with van der Waals surface area (Å²) in [5.74, 6) is 0. The third-order valence-corrected chi connectivity index (χ3v) is 3.20. The molecule has 3 rings (SSSR count). The van der Waals surface area contributed by atoms with Crippen LogP contribution in [0.2, 0.25) is 0 Å². The van der Waals surface area contributed by atoms with Gasteiger partial charge in [-0.05, 0) is 11.6 Å². The first-order chi connectivity index (χ1) is 6.45. The quantitative estimate of drug-likeness (QED) is 0.473. The Morgan fingerprint density at radius 2 is 1.86 bits per heavy atom. The van der Waals surface area contributed by atoms with Crippen molar-refractivity contribution in [2.24, 2.45) is 0 Å². The smallest absolute Gasteiger partial charge is 0.183 e. The van der Waals surface area contributed by atoms with Crippen molar-refractivity contribution in [1.82, 2.24) is 0 Å². The highest BCUT2D eigenvalue weighted by Gasteiger charge is 2.28. The summed E-state index contributed by atoms with van der Waals surface area (Å²) in [4.78, 5) is 0. The van der Waals surface area contributed by atoms with Gasteiger partial charge in [-0.25, -0.2) is 4.58 Å². The first-order valence-electron chi connectivity index (χ1n) is 5.14. The van der Waals surface area contributed by atoms with Gasteiger partial charge in [-0.15, -0.1) is 0 Å². The van der Waals surface area contributed by atoms with E-state index in [1.165, 1.54) is 37.9 Å². The maximum Gasteiger partial charge on any atom is 0.183 e.